The molecular weight excluding hydrogens is 320 g/mol. The van der Waals surface area contributed by atoms with Crippen molar-refractivity contribution in [2.45, 2.75) is 49.2 Å². The summed E-state index contributed by atoms with van der Waals surface area (Å²) in [4.78, 5) is 0. The first-order valence-electron chi connectivity index (χ1n) is 8.86. The van der Waals surface area contributed by atoms with E-state index >= 15 is 0 Å². The van der Waals surface area contributed by atoms with Crippen molar-refractivity contribution in [3.8, 4) is 0 Å². The number of aliphatic hydroxyl groups excluding tert-OH is 1. The quantitative estimate of drug-likeness (QED) is 0.722. The Bertz CT molecular complexity index is 591. The molecule has 0 bridgehead atoms. The second-order valence-electron chi connectivity index (χ2n) is 7.45. The van der Waals surface area contributed by atoms with Gasteiger partial charge in [0.05, 0.1) is 10.2 Å². The van der Waals surface area contributed by atoms with Gasteiger partial charge >= 0.3 is 0 Å². The van der Waals surface area contributed by atoms with Crippen LogP contribution in [0.2, 0.25) is 0 Å². The predicted molar refractivity (Wildman–Crippen MR) is 102 cm³/mol. The average Bonchev–Trinajstić information content (AvgIpc) is 3.03. The smallest absolute Gasteiger partial charge is 0.0826 e. The van der Waals surface area contributed by atoms with Crippen LogP contribution in [-0.2, 0) is 0 Å². The monoisotopic (exact) mass is 346 g/mol. The molecule has 3 heteroatoms. The van der Waals surface area contributed by atoms with Crippen LogP contribution in [-0.4, -0.2) is 20.7 Å². The third kappa shape index (κ3) is 2.79. The summed E-state index contributed by atoms with van der Waals surface area (Å²) in [5.74, 6) is 2.95. The molecule has 3 unspecified atom stereocenters. The average molecular weight is 347 g/mol. The third-order valence-electron chi connectivity index (χ3n) is 6.20. The van der Waals surface area contributed by atoms with Gasteiger partial charge in [-0.05, 0) is 49.0 Å². The SMILES string of the molecule is CC12CCC3(C=C1CCCC2C(O)c1ccccc1)SCCS3. The minimum Gasteiger partial charge on any atom is -0.388 e. The first-order valence-corrected chi connectivity index (χ1v) is 10.8. The second kappa shape index (κ2) is 6.16. The Morgan fingerprint density at radius 1 is 1.13 bits per heavy atom. The van der Waals surface area contributed by atoms with Crippen LogP contribution in [0.1, 0.15) is 50.7 Å². The highest BCUT2D eigenvalue weighted by atomic mass is 32.2. The van der Waals surface area contributed by atoms with Crippen molar-refractivity contribution < 1.29 is 5.11 Å². The Morgan fingerprint density at radius 3 is 2.61 bits per heavy atom. The first-order chi connectivity index (χ1) is 11.1. The summed E-state index contributed by atoms with van der Waals surface area (Å²) in [6.07, 6.45) is 8.38. The second-order valence-corrected chi connectivity index (χ2v) is 10.6. The fraction of sp³-hybridized carbons (Fsp3) is 0.600. The lowest BCUT2D eigenvalue weighted by atomic mass is 9.58. The summed E-state index contributed by atoms with van der Waals surface area (Å²) >= 11 is 4.30. The van der Waals surface area contributed by atoms with E-state index in [0.29, 0.717) is 10.00 Å². The van der Waals surface area contributed by atoms with Gasteiger partial charge in [0.15, 0.2) is 0 Å². The molecular formula is C20H26OS2. The number of rotatable bonds is 2. The van der Waals surface area contributed by atoms with E-state index in [1.807, 2.05) is 18.2 Å². The topological polar surface area (TPSA) is 20.2 Å². The molecule has 1 nitrogen and oxygen atoms in total. The van der Waals surface area contributed by atoms with Crippen molar-refractivity contribution in [3.05, 3.63) is 47.5 Å². The molecule has 1 N–H and O–H groups in total. The molecule has 0 amide bonds. The van der Waals surface area contributed by atoms with Gasteiger partial charge < -0.3 is 5.11 Å². The lowest BCUT2D eigenvalue weighted by Gasteiger charge is -2.50. The van der Waals surface area contributed by atoms with Gasteiger partial charge in [-0.15, -0.1) is 23.5 Å². The Morgan fingerprint density at radius 2 is 1.87 bits per heavy atom. The molecule has 4 rings (SSSR count). The van der Waals surface area contributed by atoms with Crippen molar-refractivity contribution in [1.29, 1.82) is 0 Å². The van der Waals surface area contributed by atoms with Crippen molar-refractivity contribution in [1.82, 2.24) is 0 Å². The molecule has 124 valence electrons. The number of aliphatic hydroxyl groups is 1. The van der Waals surface area contributed by atoms with Crippen LogP contribution in [0.3, 0.4) is 0 Å². The summed E-state index contributed by atoms with van der Waals surface area (Å²) < 4.78 is 0.356. The number of hydrogen-bond acceptors (Lipinski definition) is 3. The zero-order chi connectivity index (χ0) is 15.9. The Labute approximate surface area is 148 Å². The van der Waals surface area contributed by atoms with Gasteiger partial charge in [-0.1, -0.05) is 48.9 Å². The Hall–Kier alpha value is -0.380. The van der Waals surface area contributed by atoms with Crippen molar-refractivity contribution in [2.75, 3.05) is 11.5 Å². The van der Waals surface area contributed by atoms with Crippen molar-refractivity contribution in [3.63, 3.8) is 0 Å². The summed E-state index contributed by atoms with van der Waals surface area (Å²) in [6.45, 7) is 2.42. The van der Waals surface area contributed by atoms with Crippen LogP contribution >= 0.6 is 23.5 Å². The molecule has 1 aromatic rings. The van der Waals surface area contributed by atoms with Gasteiger partial charge in [-0.2, -0.15) is 0 Å². The number of allylic oxidation sites excluding steroid dienone is 1. The Kier molecular flexibility index (Phi) is 4.32. The maximum absolute atomic E-state index is 11.1. The molecule has 1 spiro atoms. The maximum Gasteiger partial charge on any atom is 0.0826 e. The fourth-order valence-corrected chi connectivity index (χ4v) is 7.93. The van der Waals surface area contributed by atoms with Gasteiger partial charge in [0.25, 0.3) is 0 Å². The first kappa shape index (κ1) is 16.1. The summed E-state index contributed by atoms with van der Waals surface area (Å²) in [5, 5.41) is 11.1. The molecule has 0 aromatic heterocycles. The van der Waals surface area contributed by atoms with Gasteiger partial charge in [-0.25, -0.2) is 0 Å². The lowest BCUT2D eigenvalue weighted by Crippen LogP contribution is -2.41. The minimum atomic E-state index is -0.331. The van der Waals surface area contributed by atoms with Gasteiger partial charge in [0.1, 0.15) is 0 Å². The van der Waals surface area contributed by atoms with Crippen molar-refractivity contribution >= 4 is 23.5 Å². The van der Waals surface area contributed by atoms with Gasteiger partial charge in [-0.3, -0.25) is 0 Å². The summed E-state index contributed by atoms with van der Waals surface area (Å²) in [6, 6.07) is 10.3. The van der Waals surface area contributed by atoms with Crippen LogP contribution in [0.5, 0.6) is 0 Å². The minimum absolute atomic E-state index is 0.183. The Balaban J connectivity index is 1.65. The molecule has 23 heavy (non-hydrogen) atoms. The van der Waals surface area contributed by atoms with E-state index in [2.05, 4.69) is 48.7 Å². The van der Waals surface area contributed by atoms with Crippen LogP contribution in [0, 0.1) is 11.3 Å². The van der Waals surface area contributed by atoms with E-state index < -0.39 is 0 Å². The number of thioether (sulfide) groups is 2. The van der Waals surface area contributed by atoms with Crippen molar-refractivity contribution in [2.24, 2.45) is 11.3 Å². The highest BCUT2D eigenvalue weighted by Crippen LogP contribution is 2.61. The fourth-order valence-electron chi connectivity index (χ4n) is 4.80. The van der Waals surface area contributed by atoms with E-state index in [0.717, 1.165) is 12.0 Å². The number of hydrogen-bond donors (Lipinski definition) is 1. The molecule has 3 aliphatic rings. The standard InChI is InChI=1S/C20H26OS2/c1-19-10-11-20(22-12-13-23-20)14-16(19)8-5-9-17(19)18(21)15-6-3-2-4-7-15/h2-4,6-7,14,17-18,21H,5,8-13H2,1H3. The van der Waals surface area contributed by atoms with E-state index in [-0.39, 0.29) is 11.5 Å². The lowest BCUT2D eigenvalue weighted by molar-refractivity contribution is 0.0137. The van der Waals surface area contributed by atoms with Crippen LogP contribution < -0.4 is 0 Å². The molecule has 1 saturated heterocycles. The molecule has 2 aliphatic carbocycles. The molecule has 1 saturated carbocycles. The molecule has 1 aliphatic heterocycles. The highest BCUT2D eigenvalue weighted by molar-refractivity contribution is 8.21. The zero-order valence-electron chi connectivity index (χ0n) is 13.8. The molecule has 3 atom stereocenters. The third-order valence-corrected chi connectivity index (χ3v) is 9.60. The number of benzene rings is 1. The molecule has 1 heterocycles. The van der Waals surface area contributed by atoms with Gasteiger partial charge in [0.2, 0.25) is 0 Å². The van der Waals surface area contributed by atoms with Crippen LogP contribution in [0.25, 0.3) is 0 Å². The van der Waals surface area contributed by atoms with E-state index in [4.69, 9.17) is 0 Å². The summed E-state index contributed by atoms with van der Waals surface area (Å²) in [5.41, 5.74) is 2.91. The van der Waals surface area contributed by atoms with Gasteiger partial charge in [0, 0.05) is 11.5 Å². The predicted octanol–water partition coefficient (Wildman–Crippen LogP) is 5.42. The highest BCUT2D eigenvalue weighted by Gasteiger charge is 2.49. The zero-order valence-corrected chi connectivity index (χ0v) is 15.5. The molecule has 0 radical (unpaired) electrons. The number of fused-ring (bicyclic) bond motifs is 1. The van der Waals surface area contributed by atoms with E-state index in [9.17, 15) is 5.11 Å². The van der Waals surface area contributed by atoms with Crippen LogP contribution in [0.15, 0.2) is 42.0 Å². The maximum atomic E-state index is 11.1. The van der Waals surface area contributed by atoms with E-state index in [1.165, 1.54) is 37.2 Å². The largest absolute Gasteiger partial charge is 0.388 e. The summed E-state index contributed by atoms with van der Waals surface area (Å²) in [7, 11) is 0. The molecule has 2 fully saturated rings. The molecule has 1 aromatic carbocycles. The normalized spacial score (nSPS) is 34.0. The van der Waals surface area contributed by atoms with E-state index in [1.54, 1.807) is 5.57 Å². The van der Waals surface area contributed by atoms with Crippen LogP contribution in [0.4, 0.5) is 0 Å².